The van der Waals surface area contributed by atoms with Gasteiger partial charge in [-0.05, 0) is 42.8 Å². The number of carbonyl (C=O) groups is 2. The van der Waals surface area contributed by atoms with Crippen molar-refractivity contribution in [2.45, 2.75) is 25.9 Å². The quantitative estimate of drug-likeness (QED) is 0.255. The summed E-state index contributed by atoms with van der Waals surface area (Å²) in [6.07, 6.45) is 0.296. The molecule has 0 bridgehead atoms. The Morgan fingerprint density at radius 3 is 2.29 bits per heavy atom. The molecule has 10 nitrogen and oxygen atoms in total. The topological polar surface area (TPSA) is 125 Å². The van der Waals surface area contributed by atoms with Crippen LogP contribution in [0, 0.1) is 0 Å². The van der Waals surface area contributed by atoms with Gasteiger partial charge >= 0.3 is 12.1 Å². The van der Waals surface area contributed by atoms with Crippen molar-refractivity contribution in [1.29, 1.82) is 0 Å². The lowest BCUT2D eigenvalue weighted by atomic mass is 10.2. The average molecular weight is 491 g/mol. The summed E-state index contributed by atoms with van der Waals surface area (Å²) >= 11 is 0. The first-order valence-corrected chi connectivity index (χ1v) is 11.4. The van der Waals surface area contributed by atoms with Gasteiger partial charge in [0.1, 0.15) is 19.3 Å². The van der Waals surface area contributed by atoms with Gasteiger partial charge in [-0.25, -0.2) is 9.59 Å². The van der Waals surface area contributed by atoms with E-state index in [0.717, 1.165) is 12.8 Å². The molecule has 0 aromatic heterocycles. The molecule has 2 aromatic rings. The van der Waals surface area contributed by atoms with Gasteiger partial charge < -0.3 is 34.1 Å². The summed E-state index contributed by atoms with van der Waals surface area (Å²) in [5.74, 6) is 1.05. The van der Waals surface area contributed by atoms with E-state index >= 15 is 0 Å². The molecule has 0 saturated carbocycles. The van der Waals surface area contributed by atoms with Gasteiger partial charge in [0.05, 0.1) is 26.4 Å². The molecule has 35 heavy (non-hydrogen) atoms. The van der Waals surface area contributed by atoms with Crippen LogP contribution >= 0.6 is 0 Å². The molecular weight excluding hydrogens is 456 g/mol. The lowest BCUT2D eigenvalue weighted by Gasteiger charge is -2.15. The Kier molecular flexibility index (Phi) is 12.2. The Hall–Kier alpha value is -3.50. The van der Waals surface area contributed by atoms with Crippen LogP contribution in [0.25, 0.3) is 0 Å². The zero-order chi connectivity index (χ0) is 25.5. The number of amides is 1. The molecule has 1 atom stereocenters. The zero-order valence-corrected chi connectivity index (χ0v) is 20.4. The summed E-state index contributed by atoms with van der Waals surface area (Å²) in [5, 5.41) is 15.7. The average Bonchev–Trinajstić information content (AvgIpc) is 2.87. The molecule has 1 amide bonds. The van der Waals surface area contributed by atoms with Gasteiger partial charge in [0, 0.05) is 18.8 Å². The monoisotopic (exact) mass is 490 g/mol. The number of hydrogen-bond donors (Lipinski definition) is 3. The molecule has 10 heteroatoms. The highest BCUT2D eigenvalue weighted by atomic mass is 16.6. The summed E-state index contributed by atoms with van der Waals surface area (Å²) in [4.78, 5) is 23.9. The molecule has 192 valence electrons. The van der Waals surface area contributed by atoms with E-state index in [9.17, 15) is 14.7 Å². The lowest BCUT2D eigenvalue weighted by Crippen LogP contribution is -2.33. The van der Waals surface area contributed by atoms with Crippen molar-refractivity contribution in [3.8, 4) is 17.2 Å². The summed E-state index contributed by atoms with van der Waals surface area (Å²) in [7, 11) is 3.10. The Bertz CT molecular complexity index is 898. The minimum atomic E-state index is -0.890. The number of nitrogens with one attached hydrogen (secondary N) is 2. The van der Waals surface area contributed by atoms with Crippen molar-refractivity contribution in [2.24, 2.45) is 0 Å². The third kappa shape index (κ3) is 9.71. The van der Waals surface area contributed by atoms with Crippen LogP contribution < -0.4 is 24.8 Å². The van der Waals surface area contributed by atoms with Crippen LogP contribution in [0.15, 0.2) is 42.5 Å². The van der Waals surface area contributed by atoms with Crippen molar-refractivity contribution in [1.82, 2.24) is 5.32 Å². The van der Waals surface area contributed by atoms with Crippen LogP contribution in [-0.2, 0) is 9.47 Å². The van der Waals surface area contributed by atoms with E-state index in [4.69, 9.17) is 23.7 Å². The molecule has 2 rings (SSSR count). The minimum Gasteiger partial charge on any atom is -0.493 e. The van der Waals surface area contributed by atoms with Gasteiger partial charge in [-0.1, -0.05) is 19.4 Å². The van der Waals surface area contributed by atoms with Crippen molar-refractivity contribution in [3.05, 3.63) is 48.0 Å². The molecule has 0 aliphatic rings. The third-order valence-corrected chi connectivity index (χ3v) is 4.79. The number of esters is 1. The van der Waals surface area contributed by atoms with Crippen molar-refractivity contribution in [3.63, 3.8) is 0 Å². The number of benzene rings is 2. The molecule has 0 heterocycles. The first-order valence-electron chi connectivity index (χ1n) is 11.4. The van der Waals surface area contributed by atoms with E-state index in [1.165, 1.54) is 12.1 Å². The van der Waals surface area contributed by atoms with Gasteiger partial charge in [-0.15, -0.1) is 0 Å². The van der Waals surface area contributed by atoms with Crippen LogP contribution in [-0.4, -0.2) is 70.4 Å². The molecule has 0 fully saturated rings. The Labute approximate surface area is 205 Å². The molecular formula is C25H34N2O8. The van der Waals surface area contributed by atoms with Crippen LogP contribution in [0.5, 0.6) is 17.2 Å². The summed E-state index contributed by atoms with van der Waals surface area (Å²) in [6.45, 7) is 3.16. The minimum absolute atomic E-state index is 0.170. The smallest absolute Gasteiger partial charge is 0.411 e. The van der Waals surface area contributed by atoms with E-state index in [-0.39, 0.29) is 13.2 Å². The number of aliphatic hydroxyl groups excluding tert-OH is 1. The molecule has 1 unspecified atom stereocenters. The number of methoxy groups -OCH3 is 2. The maximum absolute atomic E-state index is 12.2. The number of unbranched alkanes of at least 4 members (excludes halogenated alkanes) is 1. The normalized spacial score (nSPS) is 11.3. The fourth-order valence-electron chi connectivity index (χ4n) is 2.92. The molecule has 0 spiro atoms. The number of anilines is 1. The number of carbonyl (C=O) groups excluding carboxylic acids is 2. The van der Waals surface area contributed by atoms with Gasteiger partial charge in [0.2, 0.25) is 5.75 Å². The van der Waals surface area contributed by atoms with Crippen LogP contribution in [0.1, 0.15) is 30.1 Å². The maximum Gasteiger partial charge on any atom is 0.411 e. The maximum atomic E-state index is 12.2. The summed E-state index contributed by atoms with van der Waals surface area (Å²) < 4.78 is 26.5. The first-order chi connectivity index (χ1) is 17.0. The molecule has 0 aliphatic carbocycles. The molecule has 0 aliphatic heterocycles. The molecule has 0 radical (unpaired) electrons. The Balaban J connectivity index is 1.66. The fourth-order valence-corrected chi connectivity index (χ4v) is 2.92. The van der Waals surface area contributed by atoms with Crippen LogP contribution in [0.2, 0.25) is 0 Å². The second-order valence-corrected chi connectivity index (χ2v) is 7.49. The largest absolute Gasteiger partial charge is 0.493 e. The number of aliphatic hydroxyl groups is 1. The SMILES string of the molecule is CCCCOC(=O)Nc1ccc(C(=O)OCC(O)CNCCOc2c(OC)cccc2OC)cc1. The highest BCUT2D eigenvalue weighted by Crippen LogP contribution is 2.36. The number of ether oxygens (including phenoxy) is 5. The Morgan fingerprint density at radius 2 is 1.66 bits per heavy atom. The van der Waals surface area contributed by atoms with Gasteiger partial charge in [0.15, 0.2) is 11.5 Å². The second kappa shape index (κ2) is 15.4. The predicted molar refractivity (Wildman–Crippen MR) is 131 cm³/mol. The molecule has 3 N–H and O–H groups in total. The van der Waals surface area contributed by atoms with Gasteiger partial charge in [-0.3, -0.25) is 5.32 Å². The molecule has 0 saturated heterocycles. The number of hydrogen-bond acceptors (Lipinski definition) is 9. The van der Waals surface area contributed by atoms with Gasteiger partial charge in [-0.2, -0.15) is 0 Å². The van der Waals surface area contributed by atoms with Crippen molar-refractivity contribution < 1.29 is 38.4 Å². The van der Waals surface area contributed by atoms with Crippen LogP contribution in [0.4, 0.5) is 10.5 Å². The van der Waals surface area contributed by atoms with Gasteiger partial charge in [0.25, 0.3) is 0 Å². The van der Waals surface area contributed by atoms with E-state index in [0.29, 0.717) is 48.3 Å². The second-order valence-electron chi connectivity index (χ2n) is 7.49. The fraction of sp³-hybridized carbons (Fsp3) is 0.440. The standard InChI is InChI=1S/C25H34N2O8/c1-4-5-14-34-25(30)27-19-11-9-18(10-12-19)24(29)35-17-20(28)16-26-13-15-33-23-21(31-2)7-6-8-22(23)32-3/h6-12,20,26,28H,4-5,13-17H2,1-3H3,(H,27,30). The molecule has 2 aromatic carbocycles. The van der Waals surface area contributed by atoms with E-state index < -0.39 is 18.2 Å². The lowest BCUT2D eigenvalue weighted by molar-refractivity contribution is 0.0258. The highest BCUT2D eigenvalue weighted by molar-refractivity contribution is 5.91. The van der Waals surface area contributed by atoms with Crippen molar-refractivity contribution in [2.75, 3.05) is 52.4 Å². The van der Waals surface area contributed by atoms with E-state index in [1.807, 2.05) is 6.92 Å². The predicted octanol–water partition coefficient (Wildman–Crippen LogP) is 3.24. The van der Waals surface area contributed by atoms with Crippen molar-refractivity contribution >= 4 is 17.7 Å². The number of para-hydroxylation sites is 1. The summed E-state index contributed by atoms with van der Waals surface area (Å²) in [5.41, 5.74) is 0.800. The highest BCUT2D eigenvalue weighted by Gasteiger charge is 2.13. The Morgan fingerprint density at radius 1 is 0.971 bits per heavy atom. The first kappa shape index (κ1) is 27.7. The third-order valence-electron chi connectivity index (χ3n) is 4.79. The van der Waals surface area contributed by atoms with E-state index in [1.54, 1.807) is 44.6 Å². The summed E-state index contributed by atoms with van der Waals surface area (Å²) in [6, 6.07) is 11.6. The van der Waals surface area contributed by atoms with E-state index in [2.05, 4.69) is 10.6 Å². The number of rotatable bonds is 15. The zero-order valence-electron chi connectivity index (χ0n) is 20.4. The van der Waals surface area contributed by atoms with Crippen LogP contribution in [0.3, 0.4) is 0 Å².